The van der Waals surface area contributed by atoms with Gasteiger partial charge in [-0.25, -0.2) is 0 Å². The van der Waals surface area contributed by atoms with Gasteiger partial charge in [0.25, 0.3) is 0 Å². The summed E-state index contributed by atoms with van der Waals surface area (Å²) in [6, 6.07) is 11.9. The third kappa shape index (κ3) is 6.94. The Hall–Kier alpha value is -2.46. The largest absolute Gasteiger partial charge is 0.495 e. The third-order valence-corrected chi connectivity index (χ3v) is 9.42. The van der Waals surface area contributed by atoms with E-state index in [2.05, 4.69) is 60.7 Å². The summed E-state index contributed by atoms with van der Waals surface area (Å²) >= 11 is 1.34. The van der Waals surface area contributed by atoms with Crippen molar-refractivity contribution in [1.29, 1.82) is 0 Å². The van der Waals surface area contributed by atoms with Gasteiger partial charge in [-0.3, -0.25) is 0 Å². The highest BCUT2D eigenvalue weighted by atomic mass is 32.1. The normalized spacial score (nSPS) is 18.3. The maximum Gasteiger partial charge on any atom is 0.393 e. The van der Waals surface area contributed by atoms with Crippen LogP contribution in [0.1, 0.15) is 23.8 Å². The Morgan fingerprint density at radius 3 is 2.66 bits per heavy atom. The van der Waals surface area contributed by atoms with E-state index in [0.29, 0.717) is 22.7 Å². The van der Waals surface area contributed by atoms with E-state index in [-0.39, 0.29) is 19.5 Å². The standard InChI is InChI=1S/C29H35F3N3OPS/c1-19-18-35(2)15-13-23(19)34-25-9-6-8-21-22(17-29(30,31)32)27(38-28(21)25)10-7-14-33-24-12-11-20(37(4)5)16-26(24)36-3/h6,8-9,11-12,16,19,23,33-34H,13-15,17-18H2,1-5H3. The van der Waals surface area contributed by atoms with Crippen molar-refractivity contribution in [3.8, 4) is 17.6 Å². The molecule has 4 nitrogen and oxygen atoms in total. The van der Waals surface area contributed by atoms with E-state index in [1.54, 1.807) is 13.2 Å². The predicted octanol–water partition coefficient (Wildman–Crippen LogP) is 6.60. The molecule has 3 aromatic rings. The van der Waals surface area contributed by atoms with Crippen LogP contribution in [0.15, 0.2) is 36.4 Å². The molecule has 0 spiro atoms. The van der Waals surface area contributed by atoms with Crippen molar-refractivity contribution in [2.24, 2.45) is 5.92 Å². The minimum atomic E-state index is -4.32. The third-order valence-electron chi connectivity index (χ3n) is 6.92. The van der Waals surface area contributed by atoms with Crippen molar-refractivity contribution in [2.75, 3.05) is 57.8 Å². The number of rotatable bonds is 7. The number of alkyl halides is 3. The highest BCUT2D eigenvalue weighted by Gasteiger charge is 2.31. The number of hydrogen-bond donors (Lipinski definition) is 2. The van der Waals surface area contributed by atoms with Crippen molar-refractivity contribution in [3.05, 3.63) is 46.8 Å². The van der Waals surface area contributed by atoms with E-state index in [1.165, 1.54) is 16.6 Å². The number of likely N-dealkylation sites (tertiary alicyclic amines) is 1. The van der Waals surface area contributed by atoms with Gasteiger partial charge in [0.15, 0.2) is 0 Å². The molecule has 0 aliphatic carbocycles. The van der Waals surface area contributed by atoms with Crippen LogP contribution in [0.3, 0.4) is 0 Å². The average molecular weight is 562 g/mol. The minimum absolute atomic E-state index is 0.249. The number of nitrogens with one attached hydrogen (secondary N) is 2. The van der Waals surface area contributed by atoms with E-state index >= 15 is 0 Å². The van der Waals surface area contributed by atoms with E-state index in [9.17, 15) is 13.2 Å². The number of halogens is 3. The summed E-state index contributed by atoms with van der Waals surface area (Å²) in [5.74, 6) is 7.26. The molecule has 0 saturated carbocycles. The molecule has 2 aromatic carbocycles. The molecule has 2 N–H and O–H groups in total. The Balaban J connectivity index is 1.60. The molecular weight excluding hydrogens is 526 g/mol. The van der Waals surface area contributed by atoms with Crippen LogP contribution >= 0.6 is 19.3 Å². The molecule has 38 heavy (non-hydrogen) atoms. The van der Waals surface area contributed by atoms with Crippen molar-refractivity contribution in [2.45, 2.75) is 32.0 Å². The number of methoxy groups -OCH3 is 1. The molecule has 2 unspecified atom stereocenters. The fourth-order valence-electron chi connectivity index (χ4n) is 4.90. The van der Waals surface area contributed by atoms with Crippen LogP contribution in [0.25, 0.3) is 10.1 Å². The van der Waals surface area contributed by atoms with Gasteiger partial charge in [-0.2, -0.15) is 13.2 Å². The fraction of sp³-hybridized carbons (Fsp3) is 0.448. The van der Waals surface area contributed by atoms with Gasteiger partial charge < -0.3 is 20.3 Å². The molecule has 1 aromatic heterocycles. The SMILES string of the molecule is COc1cc(P(C)C)ccc1NCC#Cc1sc2c(NC3CCN(C)CC3C)cccc2c1CC(F)(F)F. The van der Waals surface area contributed by atoms with Gasteiger partial charge in [0.2, 0.25) is 0 Å². The molecule has 0 radical (unpaired) electrons. The summed E-state index contributed by atoms with van der Waals surface area (Å²) in [5, 5.41) is 8.75. The molecule has 1 aliphatic heterocycles. The van der Waals surface area contributed by atoms with Gasteiger partial charge in [0, 0.05) is 12.6 Å². The predicted molar refractivity (Wildman–Crippen MR) is 157 cm³/mol. The van der Waals surface area contributed by atoms with Gasteiger partial charge in [0.1, 0.15) is 5.75 Å². The van der Waals surface area contributed by atoms with Gasteiger partial charge in [-0.15, -0.1) is 11.3 Å². The second-order valence-electron chi connectivity index (χ2n) is 10.1. The summed E-state index contributed by atoms with van der Waals surface area (Å²) in [4.78, 5) is 2.78. The first-order valence-electron chi connectivity index (χ1n) is 12.7. The van der Waals surface area contributed by atoms with Crippen molar-refractivity contribution >= 4 is 46.0 Å². The topological polar surface area (TPSA) is 36.5 Å². The number of hydrogen-bond acceptors (Lipinski definition) is 5. The molecule has 2 heterocycles. The zero-order valence-corrected chi connectivity index (χ0v) is 24.2. The molecule has 9 heteroatoms. The number of nitrogens with zero attached hydrogens (tertiary/aromatic N) is 1. The number of anilines is 2. The van der Waals surface area contributed by atoms with Crippen molar-refractivity contribution in [3.63, 3.8) is 0 Å². The van der Waals surface area contributed by atoms with E-state index in [4.69, 9.17) is 4.74 Å². The lowest BCUT2D eigenvalue weighted by atomic mass is 9.94. The van der Waals surface area contributed by atoms with Gasteiger partial charge >= 0.3 is 6.18 Å². The van der Waals surface area contributed by atoms with Crippen LogP contribution in [-0.2, 0) is 6.42 Å². The molecule has 0 amide bonds. The monoisotopic (exact) mass is 561 g/mol. The summed E-state index contributed by atoms with van der Waals surface area (Å²) in [6.07, 6.45) is -4.32. The Bertz CT molecular complexity index is 1330. The highest BCUT2D eigenvalue weighted by Crippen LogP contribution is 2.39. The number of fused-ring (bicyclic) bond motifs is 1. The Labute approximate surface area is 228 Å². The van der Waals surface area contributed by atoms with Crippen LogP contribution in [0.5, 0.6) is 5.75 Å². The van der Waals surface area contributed by atoms with Gasteiger partial charge in [0.05, 0.1) is 41.0 Å². The lowest BCUT2D eigenvalue weighted by Crippen LogP contribution is -2.43. The molecule has 0 bridgehead atoms. The zero-order valence-electron chi connectivity index (χ0n) is 22.5. The van der Waals surface area contributed by atoms with Crippen molar-refractivity contribution < 1.29 is 17.9 Å². The Morgan fingerprint density at radius 1 is 1.18 bits per heavy atom. The van der Waals surface area contributed by atoms with Crippen LogP contribution in [0, 0.1) is 17.8 Å². The van der Waals surface area contributed by atoms with E-state index < -0.39 is 12.6 Å². The molecule has 1 fully saturated rings. The molecule has 1 saturated heterocycles. The first-order chi connectivity index (χ1) is 18.1. The highest BCUT2D eigenvalue weighted by molar-refractivity contribution is 7.64. The van der Waals surface area contributed by atoms with E-state index in [0.717, 1.165) is 41.3 Å². The number of thiophene rings is 1. The molecular formula is C29H35F3N3OPS. The molecule has 1 aliphatic rings. The zero-order chi connectivity index (χ0) is 27.4. The molecule has 204 valence electrons. The first kappa shape index (κ1) is 28.5. The van der Waals surface area contributed by atoms with Crippen LogP contribution in [-0.4, -0.2) is 64.2 Å². The summed E-state index contributed by atoms with van der Waals surface area (Å²) in [7, 11) is 3.50. The maximum atomic E-state index is 13.6. The quantitative estimate of drug-likeness (QED) is 0.252. The lowest BCUT2D eigenvalue weighted by Gasteiger charge is -2.35. The molecule has 4 rings (SSSR count). The summed E-state index contributed by atoms with van der Waals surface area (Å²) in [5.41, 5.74) is 1.96. The lowest BCUT2D eigenvalue weighted by molar-refractivity contribution is -0.126. The van der Waals surface area contributed by atoms with Crippen molar-refractivity contribution in [1.82, 2.24) is 4.90 Å². The smallest absolute Gasteiger partial charge is 0.393 e. The summed E-state index contributed by atoms with van der Waals surface area (Å²) < 4.78 is 47.1. The second-order valence-corrected chi connectivity index (χ2v) is 13.4. The van der Waals surface area contributed by atoms with E-state index in [1.807, 2.05) is 24.3 Å². The Kier molecular flexibility index (Phi) is 9.13. The summed E-state index contributed by atoms with van der Waals surface area (Å²) in [6.45, 7) is 8.86. The maximum absolute atomic E-state index is 13.6. The van der Waals surface area contributed by atoms with Crippen LogP contribution < -0.4 is 20.7 Å². The van der Waals surface area contributed by atoms with Gasteiger partial charge in [-0.05, 0) is 73.7 Å². The number of piperidine rings is 1. The van der Waals surface area contributed by atoms with Crippen LogP contribution in [0.2, 0.25) is 0 Å². The molecule has 2 atom stereocenters. The fourth-order valence-corrected chi connectivity index (χ4v) is 6.82. The minimum Gasteiger partial charge on any atom is -0.495 e. The average Bonchev–Trinajstić information content (AvgIpc) is 3.20. The first-order valence-corrected chi connectivity index (χ1v) is 15.7. The number of benzene rings is 2. The van der Waals surface area contributed by atoms with Gasteiger partial charge in [-0.1, -0.05) is 44.9 Å². The second kappa shape index (κ2) is 12.2. The Morgan fingerprint density at radius 2 is 1.97 bits per heavy atom. The number of ether oxygens (including phenoxy) is 1. The van der Waals surface area contributed by atoms with Crippen LogP contribution in [0.4, 0.5) is 24.5 Å².